The highest BCUT2D eigenvalue weighted by Crippen LogP contribution is 2.19. The maximum atomic E-state index is 12.4. The van der Waals surface area contributed by atoms with E-state index in [0.29, 0.717) is 13.1 Å². The molecule has 124 valence electrons. The highest BCUT2D eigenvalue weighted by Gasteiger charge is 2.21. The standard InChI is InChI=1S/C19H26N2O2/c1-3-21(17-11-7-8-15(2)14-17)19(23)18(22)20-13-12-16-9-5-4-6-10-16/h7-9,11,14H,3-6,10,12-13H2,1-2H3,(H,20,22). The molecule has 1 aliphatic carbocycles. The number of allylic oxidation sites excluding steroid dienone is 1. The monoisotopic (exact) mass is 314 g/mol. The molecule has 0 saturated carbocycles. The molecule has 0 atom stereocenters. The number of benzene rings is 1. The molecule has 4 nitrogen and oxygen atoms in total. The van der Waals surface area contributed by atoms with Crippen LogP contribution in [-0.4, -0.2) is 24.9 Å². The van der Waals surface area contributed by atoms with Crippen molar-refractivity contribution in [2.24, 2.45) is 0 Å². The molecule has 0 bridgehead atoms. The lowest BCUT2D eigenvalue weighted by atomic mass is 9.97. The number of nitrogens with zero attached hydrogens (tertiary/aromatic N) is 1. The first-order valence-corrected chi connectivity index (χ1v) is 8.46. The second-order valence-electron chi connectivity index (χ2n) is 6.00. The number of aryl methyl sites for hydroxylation is 1. The predicted molar refractivity (Wildman–Crippen MR) is 93.4 cm³/mol. The summed E-state index contributed by atoms with van der Waals surface area (Å²) in [7, 11) is 0. The summed E-state index contributed by atoms with van der Waals surface area (Å²) >= 11 is 0. The molecule has 2 amide bonds. The Balaban J connectivity index is 1.89. The highest BCUT2D eigenvalue weighted by molar-refractivity contribution is 6.40. The van der Waals surface area contributed by atoms with Crippen molar-refractivity contribution < 1.29 is 9.59 Å². The molecule has 0 fully saturated rings. The lowest BCUT2D eigenvalue weighted by Crippen LogP contribution is -2.43. The van der Waals surface area contributed by atoms with Gasteiger partial charge in [-0.25, -0.2) is 0 Å². The second-order valence-corrected chi connectivity index (χ2v) is 6.00. The number of carbonyl (C=O) groups is 2. The van der Waals surface area contributed by atoms with E-state index in [9.17, 15) is 9.59 Å². The molecular formula is C19H26N2O2. The van der Waals surface area contributed by atoms with Gasteiger partial charge in [0.05, 0.1) is 0 Å². The number of rotatable bonds is 5. The third kappa shape index (κ3) is 4.95. The van der Waals surface area contributed by atoms with Crippen LogP contribution in [0.2, 0.25) is 0 Å². The van der Waals surface area contributed by atoms with Gasteiger partial charge in [-0.1, -0.05) is 23.8 Å². The fourth-order valence-electron chi connectivity index (χ4n) is 2.91. The van der Waals surface area contributed by atoms with E-state index in [2.05, 4.69) is 11.4 Å². The van der Waals surface area contributed by atoms with Gasteiger partial charge >= 0.3 is 11.8 Å². The second kappa shape index (κ2) is 8.51. The molecule has 0 heterocycles. The van der Waals surface area contributed by atoms with Crippen LogP contribution in [0.3, 0.4) is 0 Å². The number of anilines is 1. The van der Waals surface area contributed by atoms with E-state index in [1.165, 1.54) is 23.3 Å². The van der Waals surface area contributed by atoms with Gasteiger partial charge in [-0.3, -0.25) is 9.59 Å². The van der Waals surface area contributed by atoms with Crippen molar-refractivity contribution in [3.05, 3.63) is 41.5 Å². The van der Waals surface area contributed by atoms with Crippen LogP contribution in [0.25, 0.3) is 0 Å². The van der Waals surface area contributed by atoms with Gasteiger partial charge in [0.25, 0.3) is 0 Å². The molecule has 0 saturated heterocycles. The van der Waals surface area contributed by atoms with Gasteiger partial charge in [0.15, 0.2) is 0 Å². The molecule has 1 N–H and O–H groups in total. The predicted octanol–water partition coefficient (Wildman–Crippen LogP) is 3.35. The minimum atomic E-state index is -0.523. The first kappa shape index (κ1) is 17.3. The summed E-state index contributed by atoms with van der Waals surface area (Å²) in [5.41, 5.74) is 3.23. The minimum Gasteiger partial charge on any atom is -0.347 e. The van der Waals surface area contributed by atoms with Crippen molar-refractivity contribution in [2.75, 3.05) is 18.0 Å². The van der Waals surface area contributed by atoms with E-state index in [4.69, 9.17) is 0 Å². The average molecular weight is 314 g/mol. The number of carbonyl (C=O) groups excluding carboxylic acids is 2. The third-order valence-electron chi connectivity index (χ3n) is 4.19. The summed E-state index contributed by atoms with van der Waals surface area (Å²) in [5, 5.41) is 2.76. The number of hydrogen-bond donors (Lipinski definition) is 1. The fourth-order valence-corrected chi connectivity index (χ4v) is 2.91. The zero-order valence-corrected chi connectivity index (χ0v) is 14.1. The molecule has 0 aromatic heterocycles. The van der Waals surface area contributed by atoms with Gasteiger partial charge in [-0.15, -0.1) is 0 Å². The Kier molecular flexibility index (Phi) is 6.39. The van der Waals surface area contributed by atoms with Crippen molar-refractivity contribution in [2.45, 2.75) is 46.0 Å². The molecule has 0 spiro atoms. The van der Waals surface area contributed by atoms with Gasteiger partial charge in [-0.2, -0.15) is 0 Å². The van der Waals surface area contributed by atoms with E-state index in [1.54, 1.807) is 0 Å². The van der Waals surface area contributed by atoms with Crippen LogP contribution in [0, 0.1) is 6.92 Å². The Morgan fingerprint density at radius 1 is 1.26 bits per heavy atom. The van der Waals surface area contributed by atoms with Crippen molar-refractivity contribution >= 4 is 17.5 Å². The van der Waals surface area contributed by atoms with E-state index in [1.807, 2.05) is 38.1 Å². The largest absolute Gasteiger partial charge is 0.347 e. The van der Waals surface area contributed by atoms with Crippen LogP contribution in [0.15, 0.2) is 35.9 Å². The Morgan fingerprint density at radius 3 is 2.74 bits per heavy atom. The first-order valence-electron chi connectivity index (χ1n) is 8.46. The first-order chi connectivity index (χ1) is 11.1. The molecular weight excluding hydrogens is 288 g/mol. The summed E-state index contributed by atoms with van der Waals surface area (Å²) in [5.74, 6) is -1.01. The number of amides is 2. The fraction of sp³-hybridized carbons (Fsp3) is 0.474. The van der Waals surface area contributed by atoms with E-state index in [-0.39, 0.29) is 0 Å². The van der Waals surface area contributed by atoms with E-state index < -0.39 is 11.8 Å². The molecule has 1 aromatic rings. The summed E-state index contributed by atoms with van der Waals surface area (Å²) in [6, 6.07) is 7.64. The zero-order valence-electron chi connectivity index (χ0n) is 14.1. The lowest BCUT2D eigenvalue weighted by molar-refractivity contribution is -0.137. The molecule has 0 unspecified atom stereocenters. The topological polar surface area (TPSA) is 49.4 Å². The van der Waals surface area contributed by atoms with Crippen LogP contribution < -0.4 is 10.2 Å². The van der Waals surface area contributed by atoms with Gasteiger partial charge in [0, 0.05) is 18.8 Å². The number of likely N-dealkylation sites (N-methyl/N-ethyl adjacent to an activating group) is 1. The molecule has 0 aliphatic heterocycles. The Morgan fingerprint density at radius 2 is 2.09 bits per heavy atom. The Hall–Kier alpha value is -2.10. The van der Waals surface area contributed by atoms with Gasteiger partial charge in [0.1, 0.15) is 0 Å². The maximum absolute atomic E-state index is 12.4. The maximum Gasteiger partial charge on any atom is 0.316 e. The van der Waals surface area contributed by atoms with Crippen LogP contribution in [0.1, 0.15) is 44.6 Å². The minimum absolute atomic E-state index is 0.473. The summed E-state index contributed by atoms with van der Waals surface area (Å²) in [6.07, 6.45) is 7.86. The van der Waals surface area contributed by atoms with Crippen LogP contribution >= 0.6 is 0 Å². The molecule has 23 heavy (non-hydrogen) atoms. The molecule has 0 radical (unpaired) electrons. The van der Waals surface area contributed by atoms with Crippen molar-refractivity contribution in [1.82, 2.24) is 5.32 Å². The summed E-state index contributed by atoms with van der Waals surface area (Å²) < 4.78 is 0. The van der Waals surface area contributed by atoms with Crippen LogP contribution in [-0.2, 0) is 9.59 Å². The van der Waals surface area contributed by atoms with E-state index in [0.717, 1.165) is 30.5 Å². The van der Waals surface area contributed by atoms with Gasteiger partial charge in [0.2, 0.25) is 0 Å². The Labute approximate surface area is 138 Å². The highest BCUT2D eigenvalue weighted by atomic mass is 16.2. The molecule has 4 heteroatoms. The smallest absolute Gasteiger partial charge is 0.316 e. The van der Waals surface area contributed by atoms with Crippen molar-refractivity contribution in [3.63, 3.8) is 0 Å². The van der Waals surface area contributed by atoms with Crippen LogP contribution in [0.5, 0.6) is 0 Å². The van der Waals surface area contributed by atoms with E-state index >= 15 is 0 Å². The molecule has 2 rings (SSSR count). The molecule has 1 aromatic carbocycles. The average Bonchev–Trinajstić information content (AvgIpc) is 2.56. The van der Waals surface area contributed by atoms with Gasteiger partial charge in [-0.05, 0) is 63.6 Å². The lowest BCUT2D eigenvalue weighted by Gasteiger charge is -2.21. The Bertz CT molecular complexity index is 593. The zero-order chi connectivity index (χ0) is 16.7. The summed E-state index contributed by atoms with van der Waals surface area (Å²) in [6.45, 7) is 4.85. The number of nitrogens with one attached hydrogen (secondary N) is 1. The van der Waals surface area contributed by atoms with Crippen molar-refractivity contribution in [1.29, 1.82) is 0 Å². The van der Waals surface area contributed by atoms with Gasteiger partial charge < -0.3 is 10.2 Å². The van der Waals surface area contributed by atoms with Crippen LogP contribution in [0.4, 0.5) is 5.69 Å². The third-order valence-corrected chi connectivity index (χ3v) is 4.19. The molecule has 1 aliphatic rings. The quantitative estimate of drug-likeness (QED) is 0.669. The normalized spacial score (nSPS) is 14.1. The summed E-state index contributed by atoms with van der Waals surface area (Å²) in [4.78, 5) is 26.0. The number of hydrogen-bond acceptors (Lipinski definition) is 2. The van der Waals surface area contributed by atoms with Crippen molar-refractivity contribution in [3.8, 4) is 0 Å². The SMILES string of the molecule is CCN(C(=O)C(=O)NCCC1=CCCCC1)c1cccc(C)c1.